The molecular weight excluding hydrogens is 275 g/mol. The van der Waals surface area contributed by atoms with Crippen LogP contribution in [-0.4, -0.2) is 16.5 Å². The van der Waals surface area contributed by atoms with Crippen molar-refractivity contribution in [3.63, 3.8) is 0 Å². The van der Waals surface area contributed by atoms with Gasteiger partial charge in [-0.1, -0.05) is 13.0 Å². The molecule has 1 N–H and O–H groups in total. The van der Waals surface area contributed by atoms with Crippen LogP contribution >= 0.6 is 11.3 Å². The van der Waals surface area contributed by atoms with Gasteiger partial charge in [-0.05, 0) is 18.6 Å². The van der Waals surface area contributed by atoms with Gasteiger partial charge in [-0.25, -0.2) is 9.97 Å². The third kappa shape index (κ3) is 3.44. The molecule has 0 saturated carbocycles. The highest BCUT2D eigenvalue weighted by molar-refractivity contribution is 7.15. The van der Waals surface area contributed by atoms with Gasteiger partial charge in [-0.15, -0.1) is 11.3 Å². The summed E-state index contributed by atoms with van der Waals surface area (Å²) < 4.78 is 37.4. The van der Waals surface area contributed by atoms with E-state index in [0.29, 0.717) is 27.7 Å². The van der Waals surface area contributed by atoms with Crippen molar-refractivity contribution in [3.8, 4) is 10.6 Å². The number of nitrogens with zero attached hydrogens (tertiary/aromatic N) is 2. The molecule has 2 rings (SSSR count). The second kappa shape index (κ2) is 5.56. The van der Waals surface area contributed by atoms with Crippen LogP contribution in [0.1, 0.15) is 18.4 Å². The summed E-state index contributed by atoms with van der Waals surface area (Å²) in [4.78, 5) is 8.07. The van der Waals surface area contributed by atoms with Crippen LogP contribution in [0.2, 0.25) is 0 Å². The Labute approximate surface area is 112 Å². The van der Waals surface area contributed by atoms with Crippen LogP contribution in [0.4, 0.5) is 19.0 Å². The van der Waals surface area contributed by atoms with E-state index in [2.05, 4.69) is 15.3 Å². The highest BCUT2D eigenvalue weighted by atomic mass is 32.1. The van der Waals surface area contributed by atoms with Gasteiger partial charge in [0.2, 0.25) is 0 Å². The number of hydrogen-bond donors (Lipinski definition) is 1. The standard InChI is InChI=1S/C12H12F3N3S/c1-2-6-16-10-5-3-4-8(18-10)9-7-17-11(19-9)12(13,14)15/h3-5,7H,2,6H2,1H3,(H,16,18). The van der Waals surface area contributed by atoms with Gasteiger partial charge in [-0.3, -0.25) is 0 Å². The van der Waals surface area contributed by atoms with E-state index in [9.17, 15) is 13.2 Å². The normalized spacial score (nSPS) is 11.6. The second-order valence-corrected chi connectivity index (χ2v) is 4.89. The van der Waals surface area contributed by atoms with Crippen LogP contribution in [0.15, 0.2) is 24.4 Å². The van der Waals surface area contributed by atoms with Crippen molar-refractivity contribution in [3.05, 3.63) is 29.4 Å². The van der Waals surface area contributed by atoms with Crippen molar-refractivity contribution >= 4 is 17.2 Å². The molecule has 0 aliphatic rings. The number of pyridine rings is 1. The zero-order chi connectivity index (χ0) is 13.9. The molecule has 7 heteroatoms. The van der Waals surface area contributed by atoms with Crippen molar-refractivity contribution in [1.82, 2.24) is 9.97 Å². The Hall–Kier alpha value is -1.63. The van der Waals surface area contributed by atoms with E-state index in [-0.39, 0.29) is 0 Å². The van der Waals surface area contributed by atoms with Crippen molar-refractivity contribution in [2.75, 3.05) is 11.9 Å². The summed E-state index contributed by atoms with van der Waals surface area (Å²) in [5, 5.41) is 2.24. The predicted molar refractivity (Wildman–Crippen MR) is 69.1 cm³/mol. The largest absolute Gasteiger partial charge is 0.443 e. The third-order valence-corrected chi connectivity index (χ3v) is 3.37. The molecule has 0 aliphatic carbocycles. The van der Waals surface area contributed by atoms with E-state index in [1.165, 1.54) is 6.20 Å². The number of halogens is 3. The lowest BCUT2D eigenvalue weighted by molar-refractivity contribution is -0.137. The van der Waals surface area contributed by atoms with Gasteiger partial charge in [0.15, 0.2) is 5.01 Å². The molecule has 3 nitrogen and oxygen atoms in total. The molecule has 0 radical (unpaired) electrons. The summed E-state index contributed by atoms with van der Waals surface area (Å²) >= 11 is 0.599. The molecule has 0 unspecified atom stereocenters. The van der Waals surface area contributed by atoms with Crippen molar-refractivity contribution < 1.29 is 13.2 Å². The Morgan fingerprint density at radius 2 is 2.11 bits per heavy atom. The molecule has 2 aromatic heterocycles. The van der Waals surface area contributed by atoms with Crippen LogP contribution in [-0.2, 0) is 6.18 Å². The molecule has 2 aromatic rings. The summed E-state index contributed by atoms with van der Waals surface area (Å²) in [7, 11) is 0. The molecular formula is C12H12F3N3S. The average molecular weight is 287 g/mol. The fourth-order valence-corrected chi connectivity index (χ4v) is 2.20. The average Bonchev–Trinajstić information content (AvgIpc) is 2.86. The number of alkyl halides is 3. The Kier molecular flexibility index (Phi) is 4.04. The first-order valence-corrected chi connectivity index (χ1v) is 6.56. The summed E-state index contributed by atoms with van der Waals surface area (Å²) in [5.41, 5.74) is 0.495. The molecule has 0 atom stereocenters. The maximum atomic E-state index is 12.5. The van der Waals surface area contributed by atoms with Gasteiger partial charge >= 0.3 is 6.18 Å². The predicted octanol–water partition coefficient (Wildman–Crippen LogP) is 4.05. The first-order valence-electron chi connectivity index (χ1n) is 5.75. The number of hydrogen-bond acceptors (Lipinski definition) is 4. The quantitative estimate of drug-likeness (QED) is 0.922. The maximum Gasteiger partial charge on any atom is 0.443 e. The van der Waals surface area contributed by atoms with Gasteiger partial charge < -0.3 is 5.32 Å². The summed E-state index contributed by atoms with van der Waals surface area (Å²) in [6.45, 7) is 2.79. The molecule has 0 saturated heterocycles. The zero-order valence-corrected chi connectivity index (χ0v) is 11.0. The molecule has 0 bridgehead atoms. The van der Waals surface area contributed by atoms with Crippen molar-refractivity contribution in [1.29, 1.82) is 0 Å². The molecule has 102 valence electrons. The molecule has 0 spiro atoms. The first-order chi connectivity index (χ1) is 9.00. The van der Waals surface area contributed by atoms with Crippen LogP contribution in [0.3, 0.4) is 0 Å². The number of aromatic nitrogens is 2. The Morgan fingerprint density at radius 3 is 2.74 bits per heavy atom. The minimum atomic E-state index is -4.40. The first kappa shape index (κ1) is 13.8. The topological polar surface area (TPSA) is 37.8 Å². The summed E-state index contributed by atoms with van der Waals surface area (Å²) in [6.07, 6.45) is -2.24. The van der Waals surface area contributed by atoms with Gasteiger partial charge in [0.05, 0.1) is 10.6 Å². The van der Waals surface area contributed by atoms with Gasteiger partial charge in [0.25, 0.3) is 0 Å². The Balaban J connectivity index is 2.24. The van der Waals surface area contributed by atoms with E-state index >= 15 is 0 Å². The van der Waals surface area contributed by atoms with E-state index < -0.39 is 11.2 Å². The van der Waals surface area contributed by atoms with Crippen molar-refractivity contribution in [2.45, 2.75) is 19.5 Å². The zero-order valence-electron chi connectivity index (χ0n) is 10.2. The molecule has 19 heavy (non-hydrogen) atoms. The number of rotatable bonds is 4. The highest BCUT2D eigenvalue weighted by Gasteiger charge is 2.34. The third-order valence-electron chi connectivity index (χ3n) is 2.31. The highest BCUT2D eigenvalue weighted by Crippen LogP contribution is 2.35. The van der Waals surface area contributed by atoms with Gasteiger partial charge in [0, 0.05) is 12.7 Å². The van der Waals surface area contributed by atoms with Gasteiger partial charge in [-0.2, -0.15) is 13.2 Å². The lowest BCUT2D eigenvalue weighted by atomic mass is 10.3. The van der Waals surface area contributed by atoms with E-state index in [1.807, 2.05) is 6.92 Å². The maximum absolute atomic E-state index is 12.5. The molecule has 0 aliphatic heterocycles. The van der Waals surface area contributed by atoms with E-state index in [0.717, 1.165) is 13.0 Å². The minimum absolute atomic E-state index is 0.410. The minimum Gasteiger partial charge on any atom is -0.370 e. The number of nitrogens with one attached hydrogen (secondary N) is 1. The summed E-state index contributed by atoms with van der Waals surface area (Å²) in [5.74, 6) is 0.654. The lowest BCUT2D eigenvalue weighted by Crippen LogP contribution is -2.02. The van der Waals surface area contributed by atoms with E-state index in [1.54, 1.807) is 18.2 Å². The molecule has 0 aromatic carbocycles. The van der Waals surface area contributed by atoms with E-state index in [4.69, 9.17) is 0 Å². The second-order valence-electron chi connectivity index (χ2n) is 3.86. The smallest absolute Gasteiger partial charge is 0.370 e. The Morgan fingerprint density at radius 1 is 1.32 bits per heavy atom. The SMILES string of the molecule is CCCNc1cccc(-c2cnc(C(F)(F)F)s2)n1. The fraction of sp³-hybridized carbons (Fsp3) is 0.333. The van der Waals surface area contributed by atoms with Crippen LogP contribution in [0.25, 0.3) is 10.6 Å². The molecule has 2 heterocycles. The molecule has 0 amide bonds. The van der Waals surface area contributed by atoms with Gasteiger partial charge in [0.1, 0.15) is 5.82 Å². The van der Waals surface area contributed by atoms with Crippen LogP contribution in [0.5, 0.6) is 0 Å². The van der Waals surface area contributed by atoms with Crippen LogP contribution < -0.4 is 5.32 Å². The van der Waals surface area contributed by atoms with Crippen LogP contribution in [0, 0.1) is 0 Å². The van der Waals surface area contributed by atoms with Crippen molar-refractivity contribution in [2.24, 2.45) is 0 Å². The number of thiazole rings is 1. The molecule has 0 fully saturated rings. The monoisotopic (exact) mass is 287 g/mol. The summed E-state index contributed by atoms with van der Waals surface area (Å²) in [6, 6.07) is 5.21. The fourth-order valence-electron chi connectivity index (χ4n) is 1.45. The lowest BCUT2D eigenvalue weighted by Gasteiger charge is -2.04. The number of anilines is 1. The Bertz CT molecular complexity index is 551.